The molecule has 2 saturated heterocycles. The van der Waals surface area contributed by atoms with E-state index >= 15 is 0 Å². The second-order valence-corrected chi connectivity index (χ2v) is 9.66. The van der Waals surface area contributed by atoms with Gasteiger partial charge in [0, 0.05) is 56.5 Å². The second-order valence-electron chi connectivity index (χ2n) is 8.81. The van der Waals surface area contributed by atoms with Crippen LogP contribution >= 0.6 is 15.9 Å². The number of ether oxygens (including phenoxy) is 2. The number of pyridine rings is 1. The fourth-order valence-corrected chi connectivity index (χ4v) is 5.43. The fraction of sp³-hybridized carbons (Fsp3) is 0.542. The number of piperazine rings is 1. The first-order chi connectivity index (χ1) is 15.2. The highest BCUT2D eigenvalue weighted by atomic mass is 79.9. The van der Waals surface area contributed by atoms with Crippen LogP contribution < -0.4 is 14.4 Å². The number of fused-ring (bicyclic) bond motifs is 1. The normalized spacial score (nSPS) is 22.5. The van der Waals surface area contributed by atoms with Gasteiger partial charge in [0.05, 0.1) is 0 Å². The van der Waals surface area contributed by atoms with Crippen LogP contribution in [-0.2, 0) is 6.54 Å². The molecule has 0 radical (unpaired) electrons. The third kappa shape index (κ3) is 5.16. The van der Waals surface area contributed by atoms with Gasteiger partial charge < -0.3 is 14.4 Å². The molecule has 6 nitrogen and oxygen atoms in total. The van der Waals surface area contributed by atoms with Crippen molar-refractivity contribution in [3.8, 4) is 11.5 Å². The molecule has 3 aliphatic heterocycles. The molecular weight excluding hydrogens is 456 g/mol. The van der Waals surface area contributed by atoms with Crippen molar-refractivity contribution in [2.75, 3.05) is 63.9 Å². The van der Waals surface area contributed by atoms with Crippen molar-refractivity contribution < 1.29 is 9.47 Å². The van der Waals surface area contributed by atoms with E-state index in [0.29, 0.717) is 13.2 Å². The lowest BCUT2D eigenvalue weighted by Gasteiger charge is -2.39. The Morgan fingerprint density at radius 1 is 0.968 bits per heavy atom. The van der Waals surface area contributed by atoms with Crippen molar-refractivity contribution in [1.82, 2.24) is 14.8 Å². The summed E-state index contributed by atoms with van der Waals surface area (Å²) < 4.78 is 12.6. The van der Waals surface area contributed by atoms with Crippen molar-refractivity contribution in [2.24, 2.45) is 5.92 Å². The molecular formula is C24H31BrN4O2. The molecule has 4 heterocycles. The van der Waals surface area contributed by atoms with Crippen LogP contribution in [-0.4, -0.2) is 73.8 Å². The van der Waals surface area contributed by atoms with Crippen molar-refractivity contribution in [1.29, 1.82) is 0 Å². The molecule has 2 aromatic rings. The molecule has 7 heteroatoms. The highest BCUT2D eigenvalue weighted by Crippen LogP contribution is 2.36. The van der Waals surface area contributed by atoms with Crippen LogP contribution in [0.1, 0.15) is 18.4 Å². The van der Waals surface area contributed by atoms with Crippen LogP contribution in [0.25, 0.3) is 0 Å². The molecule has 166 valence electrons. The Morgan fingerprint density at radius 2 is 1.77 bits per heavy atom. The number of aromatic nitrogens is 1. The van der Waals surface area contributed by atoms with Crippen molar-refractivity contribution in [3.05, 3.63) is 46.6 Å². The molecule has 0 N–H and O–H groups in total. The van der Waals surface area contributed by atoms with E-state index in [-0.39, 0.29) is 0 Å². The third-order valence-corrected chi connectivity index (χ3v) is 7.31. The predicted octanol–water partition coefficient (Wildman–Crippen LogP) is 3.65. The highest BCUT2D eigenvalue weighted by Gasteiger charge is 2.25. The Bertz CT molecular complexity index is 873. The second kappa shape index (κ2) is 9.76. The Labute approximate surface area is 193 Å². The summed E-state index contributed by atoms with van der Waals surface area (Å²) in [5.41, 5.74) is 1.29. The summed E-state index contributed by atoms with van der Waals surface area (Å²) in [6, 6.07) is 10.4. The topological polar surface area (TPSA) is 41.1 Å². The van der Waals surface area contributed by atoms with Gasteiger partial charge >= 0.3 is 0 Å². The Morgan fingerprint density at radius 3 is 2.55 bits per heavy atom. The number of hydrogen-bond donors (Lipinski definition) is 0. The number of nitrogens with zero attached hydrogens (tertiary/aromatic N) is 4. The molecule has 3 aliphatic rings. The summed E-state index contributed by atoms with van der Waals surface area (Å²) in [5, 5.41) is 0. The van der Waals surface area contributed by atoms with E-state index in [1.165, 1.54) is 38.0 Å². The molecule has 0 spiro atoms. The maximum atomic E-state index is 5.79. The molecule has 0 aliphatic carbocycles. The van der Waals surface area contributed by atoms with Gasteiger partial charge in [-0.2, -0.15) is 0 Å². The van der Waals surface area contributed by atoms with Crippen molar-refractivity contribution >= 4 is 21.7 Å². The van der Waals surface area contributed by atoms with Crippen LogP contribution in [0.3, 0.4) is 0 Å². The standard InChI is InChI=1S/C24H31BrN4O2/c25-21-15-23-22(30-12-13-31-23)14-20(21)18-28-7-3-4-19(17-28)16-27-8-10-29(11-9-27)24-5-1-2-6-26-24/h1-2,5-6,14-15,19H,3-4,7-13,16-18H2. The smallest absolute Gasteiger partial charge is 0.162 e. The largest absolute Gasteiger partial charge is 0.486 e. The molecule has 0 bridgehead atoms. The summed E-state index contributed by atoms with van der Waals surface area (Å²) in [6.45, 7) is 10.1. The van der Waals surface area contributed by atoms with Gasteiger partial charge in [-0.3, -0.25) is 9.80 Å². The lowest BCUT2D eigenvalue weighted by Crippen LogP contribution is -2.49. The minimum Gasteiger partial charge on any atom is -0.486 e. The van der Waals surface area contributed by atoms with Gasteiger partial charge in [-0.25, -0.2) is 4.98 Å². The van der Waals surface area contributed by atoms with Crippen LogP contribution in [0.5, 0.6) is 11.5 Å². The number of halogens is 1. The van der Waals surface area contributed by atoms with E-state index in [1.807, 2.05) is 12.3 Å². The Hall–Kier alpha value is -1.83. The minimum atomic E-state index is 0.628. The van der Waals surface area contributed by atoms with E-state index in [1.54, 1.807) is 0 Å². The lowest BCUT2D eigenvalue weighted by atomic mass is 9.96. The number of rotatable bonds is 5. The quantitative estimate of drug-likeness (QED) is 0.642. The number of hydrogen-bond acceptors (Lipinski definition) is 6. The number of likely N-dealkylation sites (tertiary alicyclic amines) is 1. The lowest BCUT2D eigenvalue weighted by molar-refractivity contribution is 0.124. The summed E-state index contributed by atoms with van der Waals surface area (Å²) in [6.07, 6.45) is 4.50. The first kappa shape index (κ1) is 21.0. The molecule has 1 aromatic carbocycles. The summed E-state index contributed by atoms with van der Waals surface area (Å²) >= 11 is 3.74. The summed E-state index contributed by atoms with van der Waals surface area (Å²) in [4.78, 5) is 12.2. The van der Waals surface area contributed by atoms with Crippen molar-refractivity contribution in [3.63, 3.8) is 0 Å². The monoisotopic (exact) mass is 486 g/mol. The minimum absolute atomic E-state index is 0.628. The van der Waals surface area contributed by atoms with Gasteiger partial charge in [0.1, 0.15) is 19.0 Å². The predicted molar refractivity (Wildman–Crippen MR) is 126 cm³/mol. The van der Waals surface area contributed by atoms with E-state index in [2.05, 4.69) is 59.9 Å². The van der Waals surface area contributed by atoms with E-state index < -0.39 is 0 Å². The van der Waals surface area contributed by atoms with Crippen LogP contribution in [0.15, 0.2) is 41.0 Å². The zero-order valence-electron chi connectivity index (χ0n) is 18.0. The molecule has 1 unspecified atom stereocenters. The molecule has 31 heavy (non-hydrogen) atoms. The Kier molecular flexibility index (Phi) is 6.62. The molecule has 2 fully saturated rings. The molecule has 1 aromatic heterocycles. The zero-order chi connectivity index (χ0) is 21.0. The van der Waals surface area contributed by atoms with Crippen LogP contribution in [0.4, 0.5) is 5.82 Å². The maximum Gasteiger partial charge on any atom is 0.162 e. The first-order valence-electron chi connectivity index (χ1n) is 11.4. The van der Waals surface area contributed by atoms with E-state index in [4.69, 9.17) is 9.47 Å². The van der Waals surface area contributed by atoms with Crippen LogP contribution in [0, 0.1) is 5.92 Å². The zero-order valence-corrected chi connectivity index (χ0v) is 19.6. The average Bonchev–Trinajstić information content (AvgIpc) is 2.81. The third-order valence-electron chi connectivity index (χ3n) is 6.57. The van der Waals surface area contributed by atoms with Gasteiger partial charge in [0.2, 0.25) is 0 Å². The van der Waals surface area contributed by atoms with Gasteiger partial charge in [0.25, 0.3) is 0 Å². The van der Waals surface area contributed by atoms with Gasteiger partial charge in [-0.1, -0.05) is 22.0 Å². The summed E-state index contributed by atoms with van der Waals surface area (Å²) in [7, 11) is 0. The summed E-state index contributed by atoms with van der Waals surface area (Å²) in [5.74, 6) is 3.58. The number of anilines is 1. The van der Waals surface area contributed by atoms with E-state index in [0.717, 1.165) is 60.4 Å². The fourth-order valence-electron chi connectivity index (χ4n) is 4.98. The van der Waals surface area contributed by atoms with Gasteiger partial charge in [0.15, 0.2) is 11.5 Å². The first-order valence-corrected chi connectivity index (χ1v) is 12.2. The SMILES string of the molecule is Brc1cc2c(cc1CN1CCCC(CN3CCN(c4ccccn4)CC3)C1)OCCO2. The highest BCUT2D eigenvalue weighted by molar-refractivity contribution is 9.10. The Balaban J connectivity index is 1.14. The van der Waals surface area contributed by atoms with E-state index in [9.17, 15) is 0 Å². The molecule has 0 saturated carbocycles. The molecule has 0 amide bonds. The molecule has 5 rings (SSSR count). The number of piperidine rings is 1. The van der Waals surface area contributed by atoms with Gasteiger partial charge in [-0.15, -0.1) is 0 Å². The van der Waals surface area contributed by atoms with Gasteiger partial charge in [-0.05, 0) is 55.1 Å². The van der Waals surface area contributed by atoms with Crippen LogP contribution in [0.2, 0.25) is 0 Å². The number of benzene rings is 1. The average molecular weight is 487 g/mol. The van der Waals surface area contributed by atoms with Crippen molar-refractivity contribution in [2.45, 2.75) is 19.4 Å². The maximum absolute atomic E-state index is 5.79. The molecule has 1 atom stereocenters.